The second-order valence-corrected chi connectivity index (χ2v) is 6.41. The summed E-state index contributed by atoms with van der Waals surface area (Å²) in [6, 6.07) is 7.86. The lowest BCUT2D eigenvalue weighted by Gasteiger charge is -2.38. The van der Waals surface area contributed by atoms with Gasteiger partial charge in [-0.25, -0.2) is 0 Å². The van der Waals surface area contributed by atoms with Crippen molar-refractivity contribution in [1.82, 2.24) is 25.5 Å². The predicted molar refractivity (Wildman–Crippen MR) is 88.7 cm³/mol. The van der Waals surface area contributed by atoms with Gasteiger partial charge in [0.2, 0.25) is 0 Å². The minimum atomic E-state index is -0.145. The maximum absolute atomic E-state index is 5.33. The Morgan fingerprint density at radius 3 is 2.83 bits per heavy atom. The molecule has 1 aliphatic carbocycles. The van der Waals surface area contributed by atoms with Crippen molar-refractivity contribution in [2.45, 2.75) is 45.1 Å². The molecule has 6 nitrogen and oxygen atoms in total. The summed E-state index contributed by atoms with van der Waals surface area (Å²) in [7, 11) is 1.67. The normalized spacial score (nSPS) is 24.6. The molecule has 3 rings (SSSR count). The van der Waals surface area contributed by atoms with E-state index >= 15 is 0 Å². The standard InChI is InChI=1S/C17H25N5O/c1-4-18-17(10-8-13(2)9-11-17)16-19-20-21-22(16)14-6-5-7-15(12-14)23-3/h5-7,12-13,18H,4,8-11H2,1-3H3. The largest absolute Gasteiger partial charge is 0.497 e. The Morgan fingerprint density at radius 1 is 1.35 bits per heavy atom. The van der Waals surface area contributed by atoms with Crippen molar-refractivity contribution in [3.63, 3.8) is 0 Å². The summed E-state index contributed by atoms with van der Waals surface area (Å²) in [5, 5.41) is 16.3. The molecule has 0 spiro atoms. The van der Waals surface area contributed by atoms with Crippen LogP contribution in [-0.2, 0) is 5.54 Å². The van der Waals surface area contributed by atoms with Gasteiger partial charge in [0.1, 0.15) is 5.75 Å². The van der Waals surface area contributed by atoms with Crippen LogP contribution in [0.3, 0.4) is 0 Å². The van der Waals surface area contributed by atoms with E-state index in [0.717, 1.165) is 42.6 Å². The first-order valence-corrected chi connectivity index (χ1v) is 8.37. The van der Waals surface area contributed by atoms with Gasteiger partial charge in [0, 0.05) is 6.07 Å². The smallest absolute Gasteiger partial charge is 0.176 e. The molecule has 0 bridgehead atoms. The predicted octanol–water partition coefficient (Wildman–Crippen LogP) is 2.69. The molecule has 1 aromatic heterocycles. The van der Waals surface area contributed by atoms with Crippen LogP contribution in [0.4, 0.5) is 0 Å². The van der Waals surface area contributed by atoms with Crippen molar-refractivity contribution in [3.8, 4) is 11.4 Å². The molecule has 124 valence electrons. The number of hydrogen-bond acceptors (Lipinski definition) is 5. The highest BCUT2D eigenvalue weighted by molar-refractivity contribution is 5.39. The van der Waals surface area contributed by atoms with Crippen molar-refractivity contribution < 1.29 is 4.74 Å². The summed E-state index contributed by atoms with van der Waals surface area (Å²) >= 11 is 0. The molecule has 1 heterocycles. The fourth-order valence-electron chi connectivity index (χ4n) is 3.47. The van der Waals surface area contributed by atoms with E-state index in [1.165, 1.54) is 12.8 Å². The molecular weight excluding hydrogens is 290 g/mol. The number of nitrogens with zero attached hydrogens (tertiary/aromatic N) is 4. The molecule has 1 aromatic carbocycles. The Labute approximate surface area is 137 Å². The van der Waals surface area contributed by atoms with Gasteiger partial charge in [0.25, 0.3) is 0 Å². The number of ether oxygens (including phenoxy) is 1. The van der Waals surface area contributed by atoms with Crippen LogP contribution in [0.1, 0.15) is 45.4 Å². The van der Waals surface area contributed by atoms with Gasteiger partial charge in [-0.1, -0.05) is 19.9 Å². The summed E-state index contributed by atoms with van der Waals surface area (Å²) < 4.78 is 7.18. The molecule has 0 amide bonds. The Kier molecular flexibility index (Phi) is 4.61. The molecule has 1 saturated carbocycles. The molecule has 0 saturated heterocycles. The van der Waals surface area contributed by atoms with E-state index in [1.54, 1.807) is 7.11 Å². The minimum Gasteiger partial charge on any atom is -0.497 e. The third kappa shape index (κ3) is 3.08. The first-order valence-electron chi connectivity index (χ1n) is 8.37. The molecule has 6 heteroatoms. The molecule has 0 unspecified atom stereocenters. The monoisotopic (exact) mass is 315 g/mol. The zero-order valence-electron chi connectivity index (χ0n) is 14.1. The van der Waals surface area contributed by atoms with Crippen molar-refractivity contribution in [3.05, 3.63) is 30.1 Å². The second kappa shape index (κ2) is 6.66. The average Bonchev–Trinajstić information content (AvgIpc) is 3.08. The van der Waals surface area contributed by atoms with Crippen LogP contribution in [0.25, 0.3) is 5.69 Å². The lowest BCUT2D eigenvalue weighted by Crippen LogP contribution is -2.47. The van der Waals surface area contributed by atoms with Crippen molar-refractivity contribution in [2.75, 3.05) is 13.7 Å². The lowest BCUT2D eigenvalue weighted by molar-refractivity contribution is 0.185. The maximum atomic E-state index is 5.33. The van der Waals surface area contributed by atoms with Gasteiger partial charge in [-0.2, -0.15) is 4.68 Å². The summed E-state index contributed by atoms with van der Waals surface area (Å²) in [5.74, 6) is 2.47. The molecule has 0 atom stereocenters. The Hall–Kier alpha value is -1.95. The van der Waals surface area contributed by atoms with Crippen LogP contribution < -0.4 is 10.1 Å². The third-order valence-electron chi connectivity index (χ3n) is 4.84. The molecule has 1 N–H and O–H groups in total. The fraction of sp³-hybridized carbons (Fsp3) is 0.588. The van der Waals surface area contributed by atoms with Gasteiger partial charge in [0.15, 0.2) is 5.82 Å². The third-order valence-corrected chi connectivity index (χ3v) is 4.84. The lowest BCUT2D eigenvalue weighted by atomic mass is 9.76. The SMILES string of the molecule is CCNC1(c2nnnn2-c2cccc(OC)c2)CCC(C)CC1. The average molecular weight is 315 g/mol. The van der Waals surface area contributed by atoms with Gasteiger partial charge >= 0.3 is 0 Å². The maximum Gasteiger partial charge on any atom is 0.176 e. The van der Waals surface area contributed by atoms with Gasteiger partial charge in [-0.05, 0) is 60.7 Å². The zero-order valence-corrected chi connectivity index (χ0v) is 14.1. The Balaban J connectivity index is 2.00. The fourth-order valence-corrected chi connectivity index (χ4v) is 3.47. The van der Waals surface area contributed by atoms with E-state index in [9.17, 15) is 0 Å². The summed E-state index contributed by atoms with van der Waals surface area (Å²) in [4.78, 5) is 0. The number of tetrazole rings is 1. The van der Waals surface area contributed by atoms with Crippen LogP contribution in [0.15, 0.2) is 24.3 Å². The molecular formula is C17H25N5O. The van der Waals surface area contributed by atoms with E-state index < -0.39 is 0 Å². The first kappa shape index (κ1) is 15.9. The van der Waals surface area contributed by atoms with Crippen LogP contribution in [-0.4, -0.2) is 33.9 Å². The number of rotatable bonds is 5. The van der Waals surface area contributed by atoms with Gasteiger partial charge < -0.3 is 10.1 Å². The Morgan fingerprint density at radius 2 is 2.13 bits per heavy atom. The minimum absolute atomic E-state index is 0.145. The summed E-state index contributed by atoms with van der Waals surface area (Å²) in [6.45, 7) is 5.36. The molecule has 1 aliphatic rings. The van der Waals surface area contributed by atoms with Gasteiger partial charge in [-0.3, -0.25) is 0 Å². The number of methoxy groups -OCH3 is 1. The topological polar surface area (TPSA) is 64.9 Å². The van der Waals surface area contributed by atoms with Gasteiger partial charge in [-0.15, -0.1) is 5.10 Å². The van der Waals surface area contributed by atoms with Crippen molar-refractivity contribution in [2.24, 2.45) is 5.92 Å². The van der Waals surface area contributed by atoms with Gasteiger partial charge in [0.05, 0.1) is 18.3 Å². The molecule has 0 aliphatic heterocycles. The van der Waals surface area contributed by atoms with E-state index in [1.807, 2.05) is 28.9 Å². The number of benzene rings is 1. The van der Waals surface area contributed by atoms with E-state index in [4.69, 9.17) is 4.74 Å². The highest BCUT2D eigenvalue weighted by Crippen LogP contribution is 2.39. The van der Waals surface area contributed by atoms with E-state index in [2.05, 4.69) is 34.7 Å². The van der Waals surface area contributed by atoms with Crippen LogP contribution >= 0.6 is 0 Å². The zero-order chi connectivity index (χ0) is 16.3. The number of aromatic nitrogens is 4. The first-order chi connectivity index (χ1) is 11.2. The molecule has 0 radical (unpaired) electrons. The molecule has 23 heavy (non-hydrogen) atoms. The Bertz CT molecular complexity index is 646. The van der Waals surface area contributed by atoms with E-state index in [-0.39, 0.29) is 5.54 Å². The molecule has 1 fully saturated rings. The van der Waals surface area contributed by atoms with Crippen molar-refractivity contribution >= 4 is 0 Å². The summed E-state index contributed by atoms with van der Waals surface area (Å²) in [6.07, 6.45) is 4.51. The molecule has 2 aromatic rings. The summed E-state index contributed by atoms with van der Waals surface area (Å²) in [5.41, 5.74) is 0.786. The number of nitrogens with one attached hydrogen (secondary N) is 1. The number of hydrogen-bond donors (Lipinski definition) is 1. The van der Waals surface area contributed by atoms with Crippen molar-refractivity contribution in [1.29, 1.82) is 0 Å². The van der Waals surface area contributed by atoms with Crippen LogP contribution in [0, 0.1) is 5.92 Å². The quantitative estimate of drug-likeness (QED) is 0.919. The highest BCUT2D eigenvalue weighted by atomic mass is 16.5. The van der Waals surface area contributed by atoms with E-state index in [0.29, 0.717) is 0 Å². The highest BCUT2D eigenvalue weighted by Gasteiger charge is 2.40. The van der Waals surface area contributed by atoms with Crippen LogP contribution in [0.2, 0.25) is 0 Å². The second-order valence-electron chi connectivity index (χ2n) is 6.41. The van der Waals surface area contributed by atoms with Crippen LogP contribution in [0.5, 0.6) is 5.75 Å².